The van der Waals surface area contributed by atoms with Gasteiger partial charge in [0.15, 0.2) is 0 Å². The molecule has 1 heterocycles. The number of nitrogens with zero attached hydrogens (tertiary/aromatic N) is 1. The van der Waals surface area contributed by atoms with Crippen LogP contribution in [0.25, 0.3) is 0 Å². The molecule has 1 aliphatic rings. The number of nitrogens with one attached hydrogen (secondary N) is 1. The Bertz CT molecular complexity index is 213. The molecule has 1 aliphatic heterocycles. The molecular formula is C15H32N2O. The molecule has 0 amide bonds. The van der Waals surface area contributed by atoms with Gasteiger partial charge < -0.3 is 10.1 Å². The molecule has 1 fully saturated rings. The number of hydrogen-bond donors (Lipinski definition) is 1. The van der Waals surface area contributed by atoms with Crippen LogP contribution in [0.5, 0.6) is 0 Å². The molecule has 1 N–H and O–H groups in total. The van der Waals surface area contributed by atoms with Crippen molar-refractivity contribution in [1.29, 1.82) is 0 Å². The van der Waals surface area contributed by atoms with E-state index < -0.39 is 0 Å². The zero-order chi connectivity index (χ0) is 13.4. The van der Waals surface area contributed by atoms with Gasteiger partial charge in [0.25, 0.3) is 0 Å². The molecule has 1 atom stereocenters. The molecule has 0 radical (unpaired) electrons. The fourth-order valence-electron chi connectivity index (χ4n) is 2.71. The first-order valence-electron chi connectivity index (χ1n) is 7.59. The van der Waals surface area contributed by atoms with Crippen molar-refractivity contribution in [1.82, 2.24) is 10.2 Å². The first-order valence-corrected chi connectivity index (χ1v) is 7.59. The first kappa shape index (κ1) is 15.9. The van der Waals surface area contributed by atoms with Gasteiger partial charge >= 0.3 is 0 Å². The quantitative estimate of drug-likeness (QED) is 0.675. The molecule has 108 valence electrons. The van der Waals surface area contributed by atoms with Crippen LogP contribution in [0.3, 0.4) is 0 Å². The van der Waals surface area contributed by atoms with Crippen LogP contribution in [0.4, 0.5) is 0 Å². The second-order valence-electron chi connectivity index (χ2n) is 6.01. The molecule has 3 heteroatoms. The van der Waals surface area contributed by atoms with Crippen molar-refractivity contribution in [2.75, 3.05) is 39.9 Å². The molecule has 0 bridgehead atoms. The van der Waals surface area contributed by atoms with E-state index in [-0.39, 0.29) is 0 Å². The predicted molar refractivity (Wildman–Crippen MR) is 78.0 cm³/mol. The summed E-state index contributed by atoms with van der Waals surface area (Å²) in [5.41, 5.74) is 0.574. The number of hydrogen-bond acceptors (Lipinski definition) is 3. The van der Waals surface area contributed by atoms with Gasteiger partial charge in [-0.15, -0.1) is 0 Å². The summed E-state index contributed by atoms with van der Waals surface area (Å²) in [6.45, 7) is 12.4. The van der Waals surface area contributed by atoms with Crippen molar-refractivity contribution in [2.45, 2.75) is 52.5 Å². The van der Waals surface area contributed by atoms with Gasteiger partial charge in [-0.05, 0) is 44.3 Å². The Labute approximate surface area is 113 Å². The van der Waals surface area contributed by atoms with Crippen molar-refractivity contribution in [2.24, 2.45) is 5.41 Å². The van der Waals surface area contributed by atoms with Crippen molar-refractivity contribution in [3.63, 3.8) is 0 Å². The maximum Gasteiger partial charge on any atom is 0.0630 e. The van der Waals surface area contributed by atoms with Crippen LogP contribution in [0, 0.1) is 5.41 Å². The van der Waals surface area contributed by atoms with Gasteiger partial charge in [-0.2, -0.15) is 0 Å². The van der Waals surface area contributed by atoms with E-state index in [1.807, 2.05) is 7.11 Å². The van der Waals surface area contributed by atoms with Crippen molar-refractivity contribution < 1.29 is 4.74 Å². The molecular weight excluding hydrogens is 224 g/mol. The zero-order valence-electron chi connectivity index (χ0n) is 12.8. The Morgan fingerprint density at radius 2 is 1.94 bits per heavy atom. The number of piperidine rings is 1. The molecule has 18 heavy (non-hydrogen) atoms. The molecule has 3 nitrogen and oxygen atoms in total. The standard InChI is InChI=1S/C15H32N2O/c1-5-9-16-12-14(13-18-4)17-10-7-15(3,6-2)8-11-17/h14,16H,5-13H2,1-4H3. The smallest absolute Gasteiger partial charge is 0.0630 e. The molecule has 0 aromatic carbocycles. The largest absolute Gasteiger partial charge is 0.383 e. The summed E-state index contributed by atoms with van der Waals surface area (Å²) in [6.07, 6.45) is 5.17. The van der Waals surface area contributed by atoms with E-state index in [1.54, 1.807) is 0 Å². The lowest BCUT2D eigenvalue weighted by Crippen LogP contribution is -2.50. The highest BCUT2D eigenvalue weighted by molar-refractivity contribution is 4.85. The van der Waals surface area contributed by atoms with E-state index in [0.717, 1.165) is 19.7 Å². The van der Waals surface area contributed by atoms with Crippen molar-refractivity contribution in [3.05, 3.63) is 0 Å². The van der Waals surface area contributed by atoms with E-state index in [2.05, 4.69) is 31.0 Å². The maximum atomic E-state index is 5.38. The Morgan fingerprint density at radius 3 is 2.44 bits per heavy atom. The lowest BCUT2D eigenvalue weighted by Gasteiger charge is -2.42. The summed E-state index contributed by atoms with van der Waals surface area (Å²) >= 11 is 0. The highest BCUT2D eigenvalue weighted by Crippen LogP contribution is 2.34. The van der Waals surface area contributed by atoms with E-state index in [4.69, 9.17) is 4.74 Å². The van der Waals surface area contributed by atoms with E-state index in [9.17, 15) is 0 Å². The lowest BCUT2D eigenvalue weighted by atomic mass is 9.78. The zero-order valence-corrected chi connectivity index (χ0v) is 12.8. The Balaban J connectivity index is 2.39. The summed E-state index contributed by atoms with van der Waals surface area (Å²) in [6, 6.07) is 0.544. The average molecular weight is 256 g/mol. The molecule has 0 aromatic heterocycles. The normalized spacial score (nSPS) is 22.0. The summed E-state index contributed by atoms with van der Waals surface area (Å²) < 4.78 is 5.38. The maximum absolute atomic E-state index is 5.38. The molecule has 1 rings (SSSR count). The second-order valence-corrected chi connectivity index (χ2v) is 6.01. The van der Waals surface area contributed by atoms with Gasteiger partial charge in [-0.1, -0.05) is 27.2 Å². The first-order chi connectivity index (χ1) is 8.65. The fourth-order valence-corrected chi connectivity index (χ4v) is 2.71. The summed E-state index contributed by atoms with van der Waals surface area (Å²) in [7, 11) is 1.81. The lowest BCUT2D eigenvalue weighted by molar-refractivity contribution is 0.0402. The molecule has 1 saturated heterocycles. The molecule has 0 aromatic rings. The Hall–Kier alpha value is -0.120. The van der Waals surface area contributed by atoms with Gasteiger partial charge in [0, 0.05) is 19.7 Å². The Kier molecular flexibility index (Phi) is 7.20. The highest BCUT2D eigenvalue weighted by Gasteiger charge is 2.31. The Morgan fingerprint density at radius 1 is 1.28 bits per heavy atom. The molecule has 0 saturated carbocycles. The van der Waals surface area contributed by atoms with Gasteiger partial charge in [0.1, 0.15) is 0 Å². The van der Waals surface area contributed by atoms with Crippen LogP contribution in [0.1, 0.15) is 46.5 Å². The SMILES string of the molecule is CCCNCC(COC)N1CCC(C)(CC)CC1. The molecule has 0 aliphatic carbocycles. The van der Waals surface area contributed by atoms with Crippen molar-refractivity contribution >= 4 is 0 Å². The van der Waals surface area contributed by atoms with Crippen LogP contribution in [0.2, 0.25) is 0 Å². The monoisotopic (exact) mass is 256 g/mol. The number of methoxy groups -OCH3 is 1. The minimum atomic E-state index is 0.544. The van der Waals surface area contributed by atoms with Crippen LogP contribution in [-0.2, 0) is 4.74 Å². The van der Waals surface area contributed by atoms with Gasteiger partial charge in [-0.25, -0.2) is 0 Å². The minimum Gasteiger partial charge on any atom is -0.383 e. The topological polar surface area (TPSA) is 24.5 Å². The number of likely N-dealkylation sites (tertiary alicyclic amines) is 1. The highest BCUT2D eigenvalue weighted by atomic mass is 16.5. The summed E-state index contributed by atoms with van der Waals surface area (Å²) in [5.74, 6) is 0. The summed E-state index contributed by atoms with van der Waals surface area (Å²) in [4.78, 5) is 2.61. The van der Waals surface area contributed by atoms with Gasteiger partial charge in [0.2, 0.25) is 0 Å². The third-order valence-electron chi connectivity index (χ3n) is 4.54. The molecule has 1 unspecified atom stereocenters. The van der Waals surface area contributed by atoms with E-state index >= 15 is 0 Å². The third kappa shape index (κ3) is 4.87. The predicted octanol–water partition coefficient (Wildman–Crippen LogP) is 2.51. The number of rotatable bonds is 8. The fraction of sp³-hybridized carbons (Fsp3) is 1.00. The molecule has 0 spiro atoms. The average Bonchev–Trinajstić information content (AvgIpc) is 2.39. The minimum absolute atomic E-state index is 0.544. The third-order valence-corrected chi connectivity index (χ3v) is 4.54. The van der Waals surface area contributed by atoms with Crippen molar-refractivity contribution in [3.8, 4) is 0 Å². The van der Waals surface area contributed by atoms with Gasteiger partial charge in [-0.3, -0.25) is 4.90 Å². The van der Waals surface area contributed by atoms with Crippen LogP contribution >= 0.6 is 0 Å². The van der Waals surface area contributed by atoms with Crippen LogP contribution < -0.4 is 5.32 Å². The second kappa shape index (κ2) is 8.13. The van der Waals surface area contributed by atoms with E-state index in [1.165, 1.54) is 38.8 Å². The van der Waals surface area contributed by atoms with Crippen LogP contribution in [0.15, 0.2) is 0 Å². The number of ether oxygens (including phenoxy) is 1. The van der Waals surface area contributed by atoms with Gasteiger partial charge in [0.05, 0.1) is 6.61 Å². The van der Waals surface area contributed by atoms with Crippen LogP contribution in [-0.4, -0.2) is 50.8 Å². The summed E-state index contributed by atoms with van der Waals surface area (Å²) in [5, 5.41) is 3.53. The van der Waals surface area contributed by atoms with E-state index in [0.29, 0.717) is 11.5 Å².